The Kier molecular flexibility index (Phi) is 3.01. The summed E-state index contributed by atoms with van der Waals surface area (Å²) < 4.78 is 5.14. The minimum atomic E-state index is -0.908. The van der Waals surface area contributed by atoms with Gasteiger partial charge in [-0.05, 0) is 23.8 Å². The van der Waals surface area contributed by atoms with Gasteiger partial charge in [-0.15, -0.1) is 0 Å². The molecule has 2 rings (SSSR count). The van der Waals surface area contributed by atoms with Crippen LogP contribution in [0.2, 0.25) is 0 Å². The second-order valence-electron chi connectivity index (χ2n) is 3.86. The number of methoxy groups -OCH3 is 1. The summed E-state index contributed by atoms with van der Waals surface area (Å²) in [6, 6.07) is 5.05. The van der Waals surface area contributed by atoms with E-state index in [9.17, 15) is 4.79 Å². The summed E-state index contributed by atoms with van der Waals surface area (Å²) in [6.45, 7) is 0. The SMILES string of the molecule is COc1ccc2[nH]cc([C@H](N)CC(=O)O)c2c1. The summed E-state index contributed by atoms with van der Waals surface area (Å²) in [5.41, 5.74) is 7.57. The molecule has 17 heavy (non-hydrogen) atoms. The Bertz CT molecular complexity index is 548. The molecular formula is C12H14N2O3. The van der Waals surface area contributed by atoms with Gasteiger partial charge in [0.1, 0.15) is 5.75 Å². The van der Waals surface area contributed by atoms with Gasteiger partial charge < -0.3 is 20.6 Å². The van der Waals surface area contributed by atoms with Crippen molar-refractivity contribution in [3.63, 3.8) is 0 Å². The number of carboxylic acid groups (broad SMARTS) is 1. The van der Waals surface area contributed by atoms with Gasteiger partial charge in [-0.3, -0.25) is 4.79 Å². The summed E-state index contributed by atoms with van der Waals surface area (Å²) in [6.07, 6.45) is 1.65. The lowest BCUT2D eigenvalue weighted by molar-refractivity contribution is -0.137. The number of hydrogen-bond donors (Lipinski definition) is 3. The van der Waals surface area contributed by atoms with Gasteiger partial charge in [0.25, 0.3) is 0 Å². The summed E-state index contributed by atoms with van der Waals surface area (Å²) in [5.74, 6) is -0.185. The molecule has 0 saturated heterocycles. The summed E-state index contributed by atoms with van der Waals surface area (Å²) >= 11 is 0. The molecule has 0 bridgehead atoms. The number of ether oxygens (including phenoxy) is 1. The first-order valence-corrected chi connectivity index (χ1v) is 5.24. The number of H-pyrrole nitrogens is 1. The molecule has 0 radical (unpaired) electrons. The first kappa shape index (κ1) is 11.5. The molecule has 0 aliphatic heterocycles. The van der Waals surface area contributed by atoms with Gasteiger partial charge in [0, 0.05) is 23.1 Å². The number of aliphatic carboxylic acids is 1. The first-order chi connectivity index (χ1) is 8.11. The number of aromatic amines is 1. The van der Waals surface area contributed by atoms with Crippen molar-refractivity contribution in [3.05, 3.63) is 30.0 Å². The molecule has 1 heterocycles. The maximum absolute atomic E-state index is 10.6. The summed E-state index contributed by atoms with van der Waals surface area (Å²) in [5, 5.41) is 9.64. The molecule has 0 amide bonds. The van der Waals surface area contributed by atoms with Crippen LogP contribution in [-0.4, -0.2) is 23.2 Å². The molecule has 1 aromatic carbocycles. The molecule has 1 atom stereocenters. The molecule has 2 aromatic rings. The van der Waals surface area contributed by atoms with Crippen LogP contribution in [0.3, 0.4) is 0 Å². The van der Waals surface area contributed by atoms with Gasteiger partial charge in [0.15, 0.2) is 0 Å². The van der Waals surface area contributed by atoms with Crippen LogP contribution in [0.4, 0.5) is 0 Å². The first-order valence-electron chi connectivity index (χ1n) is 5.24. The van der Waals surface area contributed by atoms with Crippen molar-refractivity contribution < 1.29 is 14.6 Å². The molecule has 0 fully saturated rings. The Morgan fingerprint density at radius 3 is 3.00 bits per heavy atom. The van der Waals surface area contributed by atoms with E-state index in [1.165, 1.54) is 0 Å². The zero-order valence-corrected chi connectivity index (χ0v) is 9.43. The fraction of sp³-hybridized carbons (Fsp3) is 0.250. The number of aromatic nitrogens is 1. The van der Waals surface area contributed by atoms with Gasteiger partial charge in [0.2, 0.25) is 0 Å². The van der Waals surface area contributed by atoms with E-state index >= 15 is 0 Å². The highest BCUT2D eigenvalue weighted by Gasteiger charge is 2.15. The third-order valence-corrected chi connectivity index (χ3v) is 2.71. The topological polar surface area (TPSA) is 88.3 Å². The van der Waals surface area contributed by atoms with E-state index in [4.69, 9.17) is 15.6 Å². The Morgan fingerprint density at radius 2 is 2.35 bits per heavy atom. The summed E-state index contributed by atoms with van der Waals surface area (Å²) in [7, 11) is 1.59. The minimum Gasteiger partial charge on any atom is -0.497 e. The smallest absolute Gasteiger partial charge is 0.305 e. The molecule has 4 N–H and O–H groups in total. The number of nitrogens with two attached hydrogens (primary N) is 1. The number of carbonyl (C=O) groups is 1. The third kappa shape index (κ3) is 2.24. The normalized spacial score (nSPS) is 12.6. The predicted molar refractivity (Wildman–Crippen MR) is 64.0 cm³/mol. The second kappa shape index (κ2) is 4.47. The van der Waals surface area contributed by atoms with Crippen molar-refractivity contribution in [2.24, 2.45) is 5.73 Å². The number of hydrogen-bond acceptors (Lipinski definition) is 3. The van der Waals surface area contributed by atoms with Crippen LogP contribution in [0.1, 0.15) is 18.0 Å². The third-order valence-electron chi connectivity index (χ3n) is 2.71. The van der Waals surface area contributed by atoms with E-state index in [0.717, 1.165) is 22.2 Å². The Balaban J connectivity index is 2.43. The van der Waals surface area contributed by atoms with Gasteiger partial charge in [-0.2, -0.15) is 0 Å². The average Bonchev–Trinajstić information content (AvgIpc) is 2.70. The van der Waals surface area contributed by atoms with Crippen LogP contribution in [-0.2, 0) is 4.79 Å². The van der Waals surface area contributed by atoms with Crippen LogP contribution < -0.4 is 10.5 Å². The lowest BCUT2D eigenvalue weighted by Crippen LogP contribution is -2.14. The van der Waals surface area contributed by atoms with Crippen molar-refractivity contribution in [2.75, 3.05) is 7.11 Å². The summed E-state index contributed by atoms with van der Waals surface area (Å²) in [4.78, 5) is 13.7. The zero-order valence-electron chi connectivity index (χ0n) is 9.43. The molecule has 5 nitrogen and oxygen atoms in total. The van der Waals surface area contributed by atoms with E-state index in [0.29, 0.717) is 0 Å². The highest BCUT2D eigenvalue weighted by atomic mass is 16.5. The fourth-order valence-electron chi connectivity index (χ4n) is 1.85. The van der Waals surface area contributed by atoms with Gasteiger partial charge in [-0.25, -0.2) is 0 Å². The molecular weight excluding hydrogens is 220 g/mol. The van der Waals surface area contributed by atoms with E-state index in [-0.39, 0.29) is 6.42 Å². The van der Waals surface area contributed by atoms with Crippen LogP contribution in [0.5, 0.6) is 5.75 Å². The molecule has 0 saturated carbocycles. The van der Waals surface area contributed by atoms with Crippen LogP contribution in [0, 0.1) is 0 Å². The number of nitrogens with one attached hydrogen (secondary N) is 1. The zero-order chi connectivity index (χ0) is 12.4. The van der Waals surface area contributed by atoms with E-state index < -0.39 is 12.0 Å². The monoisotopic (exact) mass is 234 g/mol. The number of carboxylic acids is 1. The largest absolute Gasteiger partial charge is 0.497 e. The average molecular weight is 234 g/mol. The quantitative estimate of drug-likeness (QED) is 0.750. The second-order valence-corrected chi connectivity index (χ2v) is 3.86. The minimum absolute atomic E-state index is 0.0931. The van der Waals surface area contributed by atoms with Gasteiger partial charge >= 0.3 is 5.97 Å². The maximum atomic E-state index is 10.6. The van der Waals surface area contributed by atoms with E-state index in [1.54, 1.807) is 13.3 Å². The Hall–Kier alpha value is -2.01. The highest BCUT2D eigenvalue weighted by molar-refractivity contribution is 5.85. The standard InChI is InChI=1S/C12H14N2O3/c1-17-7-2-3-11-8(4-7)9(6-14-11)10(13)5-12(15)16/h2-4,6,10,14H,5,13H2,1H3,(H,15,16)/t10-/m1/s1. The molecule has 0 aliphatic rings. The molecule has 0 spiro atoms. The van der Waals surface area contributed by atoms with E-state index in [2.05, 4.69) is 4.98 Å². The highest BCUT2D eigenvalue weighted by Crippen LogP contribution is 2.27. The lowest BCUT2D eigenvalue weighted by atomic mass is 10.0. The molecule has 1 aromatic heterocycles. The Morgan fingerprint density at radius 1 is 1.59 bits per heavy atom. The molecule has 90 valence electrons. The fourth-order valence-corrected chi connectivity index (χ4v) is 1.85. The number of fused-ring (bicyclic) bond motifs is 1. The van der Waals surface area contributed by atoms with Crippen molar-refractivity contribution in [3.8, 4) is 5.75 Å². The van der Waals surface area contributed by atoms with Crippen molar-refractivity contribution >= 4 is 16.9 Å². The van der Waals surface area contributed by atoms with Crippen LogP contribution >= 0.6 is 0 Å². The van der Waals surface area contributed by atoms with Crippen molar-refractivity contribution in [1.82, 2.24) is 4.98 Å². The van der Waals surface area contributed by atoms with Gasteiger partial charge in [0.05, 0.1) is 13.5 Å². The molecule has 0 aliphatic carbocycles. The van der Waals surface area contributed by atoms with Crippen molar-refractivity contribution in [1.29, 1.82) is 0 Å². The van der Waals surface area contributed by atoms with Crippen LogP contribution in [0.15, 0.2) is 24.4 Å². The van der Waals surface area contributed by atoms with Gasteiger partial charge in [-0.1, -0.05) is 0 Å². The molecule has 5 heteroatoms. The maximum Gasteiger partial charge on any atom is 0.305 e. The van der Waals surface area contributed by atoms with E-state index in [1.807, 2.05) is 18.2 Å². The Labute approximate surface area is 98.2 Å². The molecule has 0 unspecified atom stereocenters. The number of rotatable bonds is 4. The van der Waals surface area contributed by atoms with Crippen LogP contribution in [0.25, 0.3) is 10.9 Å². The predicted octanol–water partition coefficient (Wildman–Crippen LogP) is 1.65. The van der Waals surface area contributed by atoms with Crippen molar-refractivity contribution in [2.45, 2.75) is 12.5 Å². The number of benzene rings is 1. The lowest BCUT2D eigenvalue weighted by Gasteiger charge is -2.08.